The lowest BCUT2D eigenvalue weighted by Gasteiger charge is -2.14. The molecule has 0 radical (unpaired) electrons. The predicted octanol–water partition coefficient (Wildman–Crippen LogP) is 1.69. The van der Waals surface area contributed by atoms with Gasteiger partial charge in [-0.25, -0.2) is 13.9 Å². The molecule has 3 rings (SSSR count). The number of nitrogens with one attached hydrogen (secondary N) is 1. The maximum absolute atomic E-state index is 12.8. The van der Waals surface area contributed by atoms with Crippen LogP contribution >= 0.6 is 0 Å². The molecular weight excluding hydrogens is 294 g/mol. The number of nitrogens with zero attached hydrogens (tertiary/aromatic N) is 2. The summed E-state index contributed by atoms with van der Waals surface area (Å²) in [7, 11) is 0. The van der Waals surface area contributed by atoms with Crippen molar-refractivity contribution in [2.45, 2.75) is 0 Å². The molecule has 0 aliphatic carbocycles. The van der Waals surface area contributed by atoms with Gasteiger partial charge in [-0.15, -0.1) is 0 Å². The Hall–Kier alpha value is -3.41. The van der Waals surface area contributed by atoms with Crippen molar-refractivity contribution in [3.8, 4) is 17.3 Å². The number of aromatic nitrogens is 2. The fourth-order valence-electron chi connectivity index (χ4n) is 2.35. The lowest BCUT2D eigenvalue weighted by molar-refractivity contribution is 0.427. The van der Waals surface area contributed by atoms with Crippen LogP contribution in [-0.2, 0) is 0 Å². The molecule has 6 nitrogen and oxygen atoms in total. The van der Waals surface area contributed by atoms with Gasteiger partial charge in [0, 0.05) is 6.21 Å². The van der Waals surface area contributed by atoms with E-state index in [1.54, 1.807) is 60.7 Å². The topological polar surface area (TPSA) is 88.1 Å². The molecule has 0 bridgehead atoms. The van der Waals surface area contributed by atoms with Gasteiger partial charge >= 0.3 is 5.69 Å². The number of para-hydroxylation sites is 2. The Morgan fingerprint density at radius 2 is 1.30 bits per heavy atom. The lowest BCUT2D eigenvalue weighted by atomic mass is 10.2. The van der Waals surface area contributed by atoms with Gasteiger partial charge in [-0.3, -0.25) is 4.79 Å². The molecule has 1 aromatic heterocycles. The molecule has 0 aliphatic heterocycles. The van der Waals surface area contributed by atoms with Crippen LogP contribution in [0.1, 0.15) is 5.56 Å². The number of rotatable bonds is 3. The monoisotopic (exact) mass is 307 g/mol. The second kappa shape index (κ2) is 5.76. The first-order valence-corrected chi connectivity index (χ1v) is 6.87. The largest absolute Gasteiger partial charge is 0.493 e. The van der Waals surface area contributed by atoms with Gasteiger partial charge in [-0.1, -0.05) is 36.4 Å². The maximum Gasteiger partial charge on any atom is 0.343 e. The lowest BCUT2D eigenvalue weighted by Crippen LogP contribution is -2.39. The van der Waals surface area contributed by atoms with Crippen LogP contribution < -0.4 is 11.2 Å². The summed E-state index contributed by atoms with van der Waals surface area (Å²) in [5.41, 5.74) is -0.910. The molecule has 0 fully saturated rings. The molecule has 23 heavy (non-hydrogen) atoms. The van der Waals surface area contributed by atoms with Gasteiger partial charge in [0.05, 0.1) is 11.4 Å². The molecule has 3 aromatic rings. The summed E-state index contributed by atoms with van der Waals surface area (Å²) in [5, 5.41) is 17.7. The number of hydrogen-bond acceptors (Lipinski definition) is 4. The molecule has 0 aliphatic rings. The SMILES string of the molecule is N=Cc1c(O)n(-c2ccccc2)c(=O)n(-c2ccccc2)c1=O. The van der Waals surface area contributed by atoms with Crippen molar-refractivity contribution in [2.75, 3.05) is 0 Å². The van der Waals surface area contributed by atoms with Crippen LogP contribution in [0.3, 0.4) is 0 Å². The highest BCUT2D eigenvalue weighted by atomic mass is 16.3. The molecular formula is C17H13N3O3. The molecule has 2 N–H and O–H groups in total. The summed E-state index contributed by atoms with van der Waals surface area (Å²) in [6.45, 7) is 0. The predicted molar refractivity (Wildman–Crippen MR) is 87.2 cm³/mol. The maximum atomic E-state index is 12.8. The summed E-state index contributed by atoms with van der Waals surface area (Å²) in [6.07, 6.45) is 0.746. The third kappa shape index (κ3) is 2.36. The minimum Gasteiger partial charge on any atom is -0.493 e. The average Bonchev–Trinajstić information content (AvgIpc) is 2.57. The molecule has 2 aromatic carbocycles. The van der Waals surface area contributed by atoms with Crippen molar-refractivity contribution in [3.63, 3.8) is 0 Å². The molecule has 1 heterocycles. The Labute approximate surface area is 131 Å². The van der Waals surface area contributed by atoms with Gasteiger partial charge in [-0.2, -0.15) is 0 Å². The quantitative estimate of drug-likeness (QED) is 0.722. The normalized spacial score (nSPS) is 10.4. The van der Waals surface area contributed by atoms with Crippen molar-refractivity contribution in [2.24, 2.45) is 0 Å². The first-order chi connectivity index (χ1) is 11.1. The van der Waals surface area contributed by atoms with E-state index in [9.17, 15) is 14.7 Å². The van der Waals surface area contributed by atoms with Crippen LogP contribution in [0.5, 0.6) is 5.88 Å². The van der Waals surface area contributed by atoms with E-state index < -0.39 is 17.1 Å². The highest BCUT2D eigenvalue weighted by molar-refractivity contribution is 5.80. The third-order valence-corrected chi connectivity index (χ3v) is 3.44. The van der Waals surface area contributed by atoms with Gasteiger partial charge in [0.1, 0.15) is 5.56 Å². The fraction of sp³-hybridized carbons (Fsp3) is 0. The van der Waals surface area contributed by atoms with Crippen molar-refractivity contribution < 1.29 is 5.11 Å². The molecule has 6 heteroatoms. The van der Waals surface area contributed by atoms with Gasteiger partial charge in [0.25, 0.3) is 5.56 Å². The minimum atomic E-state index is -0.735. The first kappa shape index (κ1) is 14.5. The zero-order valence-corrected chi connectivity index (χ0v) is 12.0. The van der Waals surface area contributed by atoms with E-state index >= 15 is 0 Å². The van der Waals surface area contributed by atoms with Gasteiger partial charge in [-0.05, 0) is 24.3 Å². The van der Waals surface area contributed by atoms with Crippen LogP contribution in [0.25, 0.3) is 11.4 Å². The first-order valence-electron chi connectivity index (χ1n) is 6.87. The number of benzene rings is 2. The highest BCUT2D eigenvalue weighted by Crippen LogP contribution is 2.16. The van der Waals surface area contributed by atoms with E-state index in [0.717, 1.165) is 15.3 Å². The molecule has 0 spiro atoms. The van der Waals surface area contributed by atoms with E-state index in [1.807, 2.05) is 0 Å². The smallest absolute Gasteiger partial charge is 0.343 e. The van der Waals surface area contributed by atoms with Gasteiger partial charge in [0.15, 0.2) is 0 Å². The summed E-state index contributed by atoms with van der Waals surface area (Å²) < 4.78 is 1.95. The molecule has 0 saturated carbocycles. The third-order valence-electron chi connectivity index (χ3n) is 3.44. The Kier molecular flexibility index (Phi) is 3.64. The summed E-state index contributed by atoms with van der Waals surface area (Å²) in [6, 6.07) is 16.9. The fourth-order valence-corrected chi connectivity index (χ4v) is 2.35. The van der Waals surface area contributed by atoms with E-state index in [-0.39, 0.29) is 5.56 Å². The Bertz CT molecular complexity index is 974. The summed E-state index contributed by atoms with van der Waals surface area (Å²) in [4.78, 5) is 25.2. The second-order valence-electron chi connectivity index (χ2n) is 4.81. The molecule has 114 valence electrons. The molecule has 0 atom stereocenters. The average molecular weight is 307 g/mol. The summed E-state index contributed by atoms with van der Waals surface area (Å²) >= 11 is 0. The van der Waals surface area contributed by atoms with Crippen molar-refractivity contribution in [1.29, 1.82) is 5.41 Å². The standard InChI is InChI=1S/C17H13N3O3/c18-11-14-15(21)19(12-7-3-1-4-8-12)17(23)20(16(14)22)13-9-5-2-6-10-13/h1-11,18,21H. The van der Waals surface area contributed by atoms with Crippen LogP contribution in [0.4, 0.5) is 0 Å². The van der Waals surface area contributed by atoms with Gasteiger partial charge < -0.3 is 10.5 Å². The minimum absolute atomic E-state index is 0.252. The van der Waals surface area contributed by atoms with Crippen LogP contribution in [0, 0.1) is 5.41 Å². The van der Waals surface area contributed by atoms with Crippen molar-refractivity contribution in [1.82, 2.24) is 9.13 Å². The van der Waals surface area contributed by atoms with Crippen molar-refractivity contribution >= 4 is 6.21 Å². The van der Waals surface area contributed by atoms with E-state index in [1.165, 1.54) is 0 Å². The second-order valence-corrected chi connectivity index (χ2v) is 4.81. The van der Waals surface area contributed by atoms with Crippen LogP contribution in [0.15, 0.2) is 70.3 Å². The molecule has 0 saturated heterocycles. The van der Waals surface area contributed by atoms with Gasteiger partial charge in [0.2, 0.25) is 5.88 Å². The Morgan fingerprint density at radius 1 is 0.826 bits per heavy atom. The van der Waals surface area contributed by atoms with E-state index in [0.29, 0.717) is 11.4 Å². The zero-order valence-electron chi connectivity index (χ0n) is 12.0. The van der Waals surface area contributed by atoms with E-state index in [4.69, 9.17) is 5.41 Å². The number of aromatic hydroxyl groups is 1. The zero-order chi connectivity index (χ0) is 16.4. The molecule has 0 amide bonds. The van der Waals surface area contributed by atoms with Crippen LogP contribution in [0.2, 0.25) is 0 Å². The van der Waals surface area contributed by atoms with Crippen LogP contribution in [-0.4, -0.2) is 20.5 Å². The summed E-state index contributed by atoms with van der Waals surface area (Å²) in [5.74, 6) is -0.548. The number of hydrogen-bond donors (Lipinski definition) is 2. The Balaban J connectivity index is 2.46. The Morgan fingerprint density at radius 3 is 1.78 bits per heavy atom. The van der Waals surface area contributed by atoms with Crippen molar-refractivity contribution in [3.05, 3.63) is 87.1 Å². The molecule has 0 unspecified atom stereocenters. The van der Waals surface area contributed by atoms with E-state index in [2.05, 4.69) is 0 Å². The highest BCUT2D eigenvalue weighted by Gasteiger charge is 2.19.